The first kappa shape index (κ1) is 19.1. The van der Waals surface area contributed by atoms with Crippen molar-refractivity contribution in [3.63, 3.8) is 0 Å². The number of hydrogen-bond donors (Lipinski definition) is 2. The Morgan fingerprint density at radius 2 is 1.93 bits per heavy atom. The van der Waals surface area contributed by atoms with Gasteiger partial charge in [0.15, 0.2) is 5.76 Å². The number of halogens is 1. The molecule has 1 atom stereocenters. The van der Waals surface area contributed by atoms with E-state index in [0.29, 0.717) is 29.1 Å². The molecular formula is C20H16ClN3O5. The molecule has 3 aromatic rings. The van der Waals surface area contributed by atoms with Crippen LogP contribution in [-0.4, -0.2) is 50.7 Å². The van der Waals surface area contributed by atoms with Crippen molar-refractivity contribution in [2.45, 2.75) is 12.0 Å². The van der Waals surface area contributed by atoms with Crippen molar-refractivity contribution in [2.75, 3.05) is 13.6 Å². The molecule has 4 rings (SSSR count). The van der Waals surface area contributed by atoms with E-state index in [0.717, 1.165) is 0 Å². The largest absolute Gasteiger partial charge is 0.477 e. The SMILES string of the molecule is CN1CC[C@@](O)(c2cc(-c3cccc(-c4cc(Cl)cc(C(=O)O)n4)c3)no2)C1=O. The molecule has 3 heterocycles. The molecule has 0 bridgehead atoms. The molecule has 0 unspecified atom stereocenters. The van der Waals surface area contributed by atoms with E-state index < -0.39 is 17.5 Å². The van der Waals surface area contributed by atoms with E-state index >= 15 is 0 Å². The number of pyridine rings is 1. The van der Waals surface area contributed by atoms with Crippen LogP contribution < -0.4 is 0 Å². The third kappa shape index (κ3) is 3.37. The van der Waals surface area contributed by atoms with Crippen LogP contribution in [0.2, 0.25) is 5.02 Å². The van der Waals surface area contributed by atoms with Gasteiger partial charge in [-0.2, -0.15) is 0 Å². The molecule has 1 saturated heterocycles. The van der Waals surface area contributed by atoms with Crippen LogP contribution in [0.3, 0.4) is 0 Å². The molecule has 9 heteroatoms. The zero-order chi connectivity index (χ0) is 20.8. The monoisotopic (exact) mass is 413 g/mol. The van der Waals surface area contributed by atoms with E-state index in [1.165, 1.54) is 17.0 Å². The number of carboxylic acid groups (broad SMARTS) is 1. The van der Waals surface area contributed by atoms with Crippen LogP contribution in [0.4, 0.5) is 0 Å². The Kier molecular flexibility index (Phi) is 4.60. The highest BCUT2D eigenvalue weighted by atomic mass is 35.5. The van der Waals surface area contributed by atoms with Gasteiger partial charge in [0, 0.05) is 42.2 Å². The molecule has 1 aromatic carbocycles. The van der Waals surface area contributed by atoms with Crippen LogP contribution in [0.15, 0.2) is 47.0 Å². The van der Waals surface area contributed by atoms with Crippen molar-refractivity contribution in [2.24, 2.45) is 0 Å². The van der Waals surface area contributed by atoms with Gasteiger partial charge < -0.3 is 19.6 Å². The quantitative estimate of drug-likeness (QED) is 0.675. The fourth-order valence-electron chi connectivity index (χ4n) is 3.28. The smallest absolute Gasteiger partial charge is 0.354 e. The normalized spacial score (nSPS) is 19.0. The third-order valence-corrected chi connectivity index (χ3v) is 5.11. The van der Waals surface area contributed by atoms with E-state index in [4.69, 9.17) is 16.1 Å². The average molecular weight is 414 g/mol. The lowest BCUT2D eigenvalue weighted by molar-refractivity contribution is -0.144. The summed E-state index contributed by atoms with van der Waals surface area (Å²) in [4.78, 5) is 29.0. The Bertz CT molecular complexity index is 1130. The van der Waals surface area contributed by atoms with Crippen molar-refractivity contribution in [1.29, 1.82) is 0 Å². The number of nitrogens with zero attached hydrogens (tertiary/aromatic N) is 3. The maximum atomic E-state index is 12.3. The lowest BCUT2D eigenvalue weighted by atomic mass is 9.97. The minimum Gasteiger partial charge on any atom is -0.477 e. The molecule has 148 valence electrons. The number of amides is 1. The molecule has 1 aliphatic rings. The summed E-state index contributed by atoms with van der Waals surface area (Å²) in [6.45, 7) is 0.424. The first-order valence-corrected chi connectivity index (χ1v) is 9.12. The summed E-state index contributed by atoms with van der Waals surface area (Å²) in [6.07, 6.45) is 0.224. The number of carboxylic acids is 1. The van der Waals surface area contributed by atoms with Gasteiger partial charge in [0.1, 0.15) is 11.4 Å². The van der Waals surface area contributed by atoms with Crippen molar-refractivity contribution in [3.05, 3.63) is 58.9 Å². The third-order valence-electron chi connectivity index (χ3n) is 4.89. The lowest BCUT2D eigenvalue weighted by Crippen LogP contribution is -2.35. The number of carbonyl (C=O) groups is 2. The van der Waals surface area contributed by atoms with E-state index in [9.17, 15) is 19.8 Å². The van der Waals surface area contributed by atoms with Crippen molar-refractivity contribution in [1.82, 2.24) is 15.0 Å². The summed E-state index contributed by atoms with van der Waals surface area (Å²) in [5, 5.41) is 24.1. The van der Waals surface area contributed by atoms with Gasteiger partial charge in [-0.3, -0.25) is 4.79 Å². The van der Waals surface area contributed by atoms with E-state index in [1.807, 2.05) is 0 Å². The van der Waals surface area contributed by atoms with Crippen molar-refractivity contribution < 1.29 is 24.3 Å². The molecule has 0 saturated carbocycles. The Morgan fingerprint density at radius 1 is 1.21 bits per heavy atom. The molecule has 29 heavy (non-hydrogen) atoms. The highest BCUT2D eigenvalue weighted by molar-refractivity contribution is 6.31. The van der Waals surface area contributed by atoms with Gasteiger partial charge in [0.2, 0.25) is 5.60 Å². The Balaban J connectivity index is 1.70. The van der Waals surface area contributed by atoms with Gasteiger partial charge in [0.25, 0.3) is 5.91 Å². The van der Waals surface area contributed by atoms with Gasteiger partial charge >= 0.3 is 5.97 Å². The highest BCUT2D eigenvalue weighted by Gasteiger charge is 2.48. The molecule has 2 N–H and O–H groups in total. The van der Waals surface area contributed by atoms with Gasteiger partial charge in [-0.1, -0.05) is 35.0 Å². The Labute approximate surface area is 170 Å². The summed E-state index contributed by atoms with van der Waals surface area (Å²) < 4.78 is 5.28. The van der Waals surface area contributed by atoms with Gasteiger partial charge in [-0.25, -0.2) is 9.78 Å². The number of likely N-dealkylation sites (tertiary alicyclic amines) is 1. The highest BCUT2D eigenvalue weighted by Crippen LogP contribution is 2.35. The zero-order valence-corrected chi connectivity index (χ0v) is 16.1. The Morgan fingerprint density at radius 3 is 2.59 bits per heavy atom. The maximum Gasteiger partial charge on any atom is 0.354 e. The molecular weight excluding hydrogens is 398 g/mol. The summed E-state index contributed by atoms with van der Waals surface area (Å²) in [5.74, 6) is -1.52. The van der Waals surface area contributed by atoms with Crippen LogP contribution in [0.25, 0.3) is 22.5 Å². The number of aliphatic hydroxyl groups is 1. The number of benzene rings is 1. The number of rotatable bonds is 4. The van der Waals surface area contributed by atoms with E-state index in [-0.39, 0.29) is 22.9 Å². The summed E-state index contributed by atoms with van der Waals surface area (Å²) in [6, 6.07) is 11.4. The van der Waals surface area contributed by atoms with E-state index in [2.05, 4.69) is 10.1 Å². The molecule has 1 fully saturated rings. The van der Waals surface area contributed by atoms with Gasteiger partial charge in [0.05, 0.1) is 5.69 Å². The summed E-state index contributed by atoms with van der Waals surface area (Å²) in [7, 11) is 1.62. The number of hydrogen-bond acceptors (Lipinski definition) is 6. The Hall–Kier alpha value is -3.23. The zero-order valence-electron chi connectivity index (χ0n) is 15.3. The molecule has 8 nitrogen and oxygen atoms in total. The molecule has 0 spiro atoms. The second kappa shape index (κ2) is 6.98. The minimum absolute atomic E-state index is 0.0845. The topological polar surface area (TPSA) is 117 Å². The second-order valence-electron chi connectivity index (χ2n) is 6.86. The van der Waals surface area contributed by atoms with Gasteiger partial charge in [-0.05, 0) is 18.2 Å². The van der Waals surface area contributed by atoms with Crippen molar-refractivity contribution >= 4 is 23.5 Å². The first-order valence-electron chi connectivity index (χ1n) is 8.75. The van der Waals surface area contributed by atoms with Crippen molar-refractivity contribution in [3.8, 4) is 22.5 Å². The first-order chi connectivity index (χ1) is 13.8. The number of likely N-dealkylation sites (N-methyl/N-ethyl adjacent to an activating group) is 1. The lowest BCUT2D eigenvalue weighted by Gasteiger charge is -2.16. The van der Waals surface area contributed by atoms with Crippen LogP contribution in [0.1, 0.15) is 22.7 Å². The average Bonchev–Trinajstić information content (AvgIpc) is 3.30. The predicted molar refractivity (Wildman–Crippen MR) is 103 cm³/mol. The molecule has 0 radical (unpaired) electrons. The molecule has 1 aliphatic heterocycles. The molecule has 2 aromatic heterocycles. The maximum absolute atomic E-state index is 12.3. The number of carbonyl (C=O) groups excluding carboxylic acids is 1. The number of aromatic nitrogens is 2. The minimum atomic E-state index is -1.72. The van der Waals surface area contributed by atoms with Crippen LogP contribution in [0.5, 0.6) is 0 Å². The second-order valence-corrected chi connectivity index (χ2v) is 7.29. The van der Waals surface area contributed by atoms with Crippen LogP contribution in [0, 0.1) is 0 Å². The van der Waals surface area contributed by atoms with Gasteiger partial charge in [-0.15, -0.1) is 0 Å². The fraction of sp³-hybridized carbons (Fsp3) is 0.200. The van der Waals surface area contributed by atoms with E-state index in [1.54, 1.807) is 37.4 Å². The predicted octanol–water partition coefficient (Wildman–Crippen LogP) is 2.80. The fourth-order valence-corrected chi connectivity index (χ4v) is 3.49. The standard InChI is InChI=1S/C20H16ClN3O5/c1-24-6-5-20(28,19(24)27)17-10-15(23-29-17)12-4-2-3-11(7-12)14-8-13(21)9-16(22-14)18(25)26/h2-4,7-10,28H,5-6H2,1H3,(H,25,26)/t20-/m1/s1. The number of aromatic carboxylic acids is 1. The van der Waals surface area contributed by atoms with Crippen LogP contribution >= 0.6 is 11.6 Å². The summed E-state index contributed by atoms with van der Waals surface area (Å²) in [5.41, 5.74) is 0.228. The van der Waals surface area contributed by atoms with Crippen LogP contribution in [-0.2, 0) is 10.4 Å². The molecule has 0 aliphatic carbocycles. The molecule has 1 amide bonds. The summed E-state index contributed by atoms with van der Waals surface area (Å²) >= 11 is 6.02.